The van der Waals surface area contributed by atoms with Crippen molar-refractivity contribution >= 4 is 6.09 Å². The van der Waals surface area contributed by atoms with E-state index in [0.717, 1.165) is 12.8 Å². The summed E-state index contributed by atoms with van der Waals surface area (Å²) in [4.78, 5) is 13.7. The van der Waals surface area contributed by atoms with E-state index in [0.29, 0.717) is 13.1 Å². The van der Waals surface area contributed by atoms with E-state index in [1.807, 2.05) is 39.8 Å². The molecule has 2 fully saturated rings. The Labute approximate surface area is 126 Å². The number of piperidine rings is 1. The second-order valence-electron chi connectivity index (χ2n) is 6.39. The van der Waals surface area contributed by atoms with Crippen molar-refractivity contribution in [3.05, 3.63) is 23.8 Å². The number of carbonyl (C=O) groups is 1. The molecule has 0 aromatic carbocycles. The topological polar surface area (TPSA) is 48.0 Å². The number of allylic oxidation sites excluding steroid dienone is 2. The first-order valence-corrected chi connectivity index (χ1v) is 7.48. The largest absolute Gasteiger partial charge is 0.444 e. The number of amides is 1. The van der Waals surface area contributed by atoms with Crippen LogP contribution in [0.4, 0.5) is 4.79 Å². The van der Waals surface area contributed by atoms with E-state index in [-0.39, 0.29) is 18.7 Å². The second kappa shape index (κ2) is 6.62. The monoisotopic (exact) mass is 295 g/mol. The third kappa shape index (κ3) is 5.17. The Morgan fingerprint density at radius 3 is 2.43 bits per heavy atom. The number of nitrogens with zero attached hydrogens (tertiary/aromatic N) is 1. The summed E-state index contributed by atoms with van der Waals surface area (Å²) < 4.78 is 16.0. The van der Waals surface area contributed by atoms with Crippen LogP contribution >= 0.6 is 0 Å². The summed E-state index contributed by atoms with van der Waals surface area (Å²) in [6.07, 6.45) is 7.19. The third-order valence-corrected chi connectivity index (χ3v) is 3.31. The van der Waals surface area contributed by atoms with Gasteiger partial charge in [-0.05, 0) is 46.6 Å². The fourth-order valence-electron chi connectivity index (χ4n) is 2.23. The van der Waals surface area contributed by atoms with E-state index in [1.54, 1.807) is 4.90 Å². The molecule has 0 atom stereocenters. The van der Waals surface area contributed by atoms with Crippen LogP contribution in [0.15, 0.2) is 23.8 Å². The highest BCUT2D eigenvalue weighted by Crippen LogP contribution is 2.20. The number of rotatable bonds is 2. The van der Waals surface area contributed by atoms with Crippen LogP contribution < -0.4 is 0 Å². The lowest BCUT2D eigenvalue weighted by Crippen LogP contribution is -2.40. The molecule has 0 spiro atoms. The number of ether oxygens (including phenoxy) is 3. The molecule has 0 saturated carbocycles. The number of likely N-dealkylation sites (tertiary alicyclic amines) is 1. The summed E-state index contributed by atoms with van der Waals surface area (Å²) in [6.45, 7) is 8.95. The summed E-state index contributed by atoms with van der Waals surface area (Å²) in [5.74, 6) is 0. The molecule has 2 heterocycles. The first kappa shape index (κ1) is 16.0. The van der Waals surface area contributed by atoms with Crippen molar-refractivity contribution < 1.29 is 19.0 Å². The number of hydrogen-bond donors (Lipinski definition) is 0. The smallest absolute Gasteiger partial charge is 0.410 e. The van der Waals surface area contributed by atoms with Crippen LogP contribution in [0.2, 0.25) is 0 Å². The Balaban J connectivity index is 1.74. The Morgan fingerprint density at radius 1 is 1.29 bits per heavy atom. The van der Waals surface area contributed by atoms with Crippen LogP contribution in [-0.4, -0.2) is 42.3 Å². The first-order valence-electron chi connectivity index (χ1n) is 7.48. The van der Waals surface area contributed by atoms with Gasteiger partial charge in [0.05, 0.1) is 0 Å². The van der Waals surface area contributed by atoms with Crippen LogP contribution in [0.25, 0.3) is 0 Å². The first-order chi connectivity index (χ1) is 9.83. The number of hydrogen-bond acceptors (Lipinski definition) is 4. The molecule has 0 N–H and O–H groups in total. The predicted molar refractivity (Wildman–Crippen MR) is 79.7 cm³/mol. The Morgan fingerprint density at radius 2 is 1.90 bits per heavy atom. The molecule has 118 valence electrons. The average Bonchev–Trinajstić information content (AvgIpc) is 2.35. The van der Waals surface area contributed by atoms with Gasteiger partial charge in [-0.15, -0.1) is 0 Å². The van der Waals surface area contributed by atoms with Gasteiger partial charge in [-0.25, -0.2) is 4.79 Å². The molecule has 0 bridgehead atoms. The van der Waals surface area contributed by atoms with Gasteiger partial charge in [-0.3, -0.25) is 0 Å². The van der Waals surface area contributed by atoms with Crippen molar-refractivity contribution in [1.82, 2.24) is 4.90 Å². The molecule has 2 aliphatic heterocycles. The highest BCUT2D eigenvalue weighted by Gasteiger charge is 2.25. The van der Waals surface area contributed by atoms with Gasteiger partial charge in [0.25, 0.3) is 0 Å². The third-order valence-electron chi connectivity index (χ3n) is 3.31. The minimum Gasteiger partial charge on any atom is -0.444 e. The minimum atomic E-state index is -0.435. The van der Waals surface area contributed by atoms with Gasteiger partial charge in [0, 0.05) is 13.1 Å². The predicted octanol–water partition coefficient (Wildman–Crippen LogP) is 3.22. The standard InChI is InChI=1S/C16H25NO4/c1-12-19-14(20-12)7-5-6-13-8-10-17(11-9-13)15(18)21-16(2,3)4/h5-7,12,14H,8-11H2,1-4H3/b7-5+. The van der Waals surface area contributed by atoms with Crippen molar-refractivity contribution in [2.45, 2.75) is 58.7 Å². The zero-order chi connectivity index (χ0) is 15.5. The zero-order valence-electron chi connectivity index (χ0n) is 13.3. The Kier molecular flexibility index (Phi) is 5.06. The number of carbonyl (C=O) groups excluding carboxylic acids is 1. The fourth-order valence-corrected chi connectivity index (χ4v) is 2.23. The summed E-state index contributed by atoms with van der Waals surface area (Å²) >= 11 is 0. The quantitative estimate of drug-likeness (QED) is 0.785. The van der Waals surface area contributed by atoms with Gasteiger partial charge in [0.2, 0.25) is 0 Å². The molecular weight excluding hydrogens is 270 g/mol. The molecule has 0 aromatic rings. The van der Waals surface area contributed by atoms with Crippen molar-refractivity contribution in [2.75, 3.05) is 13.1 Å². The van der Waals surface area contributed by atoms with E-state index in [9.17, 15) is 4.79 Å². The molecular formula is C16H25NO4. The minimum absolute atomic E-state index is 0.0932. The Bertz CT molecular complexity index is 420. The van der Waals surface area contributed by atoms with Gasteiger partial charge >= 0.3 is 6.09 Å². The lowest BCUT2D eigenvalue weighted by atomic mass is 10.0. The molecule has 2 rings (SSSR count). The molecule has 0 aliphatic carbocycles. The van der Waals surface area contributed by atoms with Gasteiger partial charge in [-0.2, -0.15) is 0 Å². The van der Waals surface area contributed by atoms with Crippen molar-refractivity contribution in [3.63, 3.8) is 0 Å². The molecule has 2 aliphatic rings. The van der Waals surface area contributed by atoms with Crippen molar-refractivity contribution in [2.24, 2.45) is 0 Å². The lowest BCUT2D eigenvalue weighted by molar-refractivity contribution is -0.354. The normalized spacial score (nSPS) is 26.7. The van der Waals surface area contributed by atoms with Crippen molar-refractivity contribution in [3.8, 4) is 0 Å². The summed E-state index contributed by atoms with van der Waals surface area (Å²) in [6, 6.07) is 0. The molecule has 0 aromatic heterocycles. The fraction of sp³-hybridized carbons (Fsp3) is 0.688. The highest BCUT2D eigenvalue weighted by molar-refractivity contribution is 5.68. The van der Waals surface area contributed by atoms with E-state index in [1.165, 1.54) is 5.57 Å². The van der Waals surface area contributed by atoms with Crippen molar-refractivity contribution in [1.29, 1.82) is 0 Å². The summed E-state index contributed by atoms with van der Waals surface area (Å²) in [5, 5.41) is 0. The maximum Gasteiger partial charge on any atom is 0.410 e. The van der Waals surface area contributed by atoms with E-state index >= 15 is 0 Å². The van der Waals surface area contributed by atoms with E-state index < -0.39 is 5.60 Å². The average molecular weight is 295 g/mol. The molecule has 5 nitrogen and oxygen atoms in total. The lowest BCUT2D eigenvalue weighted by Gasteiger charge is -2.31. The van der Waals surface area contributed by atoms with Gasteiger partial charge < -0.3 is 19.1 Å². The SMILES string of the molecule is CC1OC(/C=C/C=C2CCN(C(=O)OC(C)(C)C)CC2)O1. The molecule has 2 saturated heterocycles. The molecule has 0 radical (unpaired) electrons. The Hall–Kier alpha value is -1.33. The summed E-state index contributed by atoms with van der Waals surface area (Å²) in [5.41, 5.74) is 0.897. The van der Waals surface area contributed by atoms with Crippen LogP contribution in [-0.2, 0) is 14.2 Å². The molecule has 21 heavy (non-hydrogen) atoms. The zero-order valence-corrected chi connectivity index (χ0v) is 13.3. The van der Waals surface area contributed by atoms with Crippen LogP contribution in [0.5, 0.6) is 0 Å². The van der Waals surface area contributed by atoms with Gasteiger partial charge in [0.15, 0.2) is 12.6 Å². The van der Waals surface area contributed by atoms with Gasteiger partial charge in [-0.1, -0.05) is 17.7 Å². The maximum atomic E-state index is 11.9. The van der Waals surface area contributed by atoms with E-state index in [4.69, 9.17) is 14.2 Å². The molecule has 1 amide bonds. The summed E-state index contributed by atoms with van der Waals surface area (Å²) in [7, 11) is 0. The van der Waals surface area contributed by atoms with Crippen LogP contribution in [0.1, 0.15) is 40.5 Å². The maximum absolute atomic E-state index is 11.9. The molecule has 0 unspecified atom stereocenters. The van der Waals surface area contributed by atoms with E-state index in [2.05, 4.69) is 6.08 Å². The van der Waals surface area contributed by atoms with Crippen LogP contribution in [0.3, 0.4) is 0 Å². The highest BCUT2D eigenvalue weighted by atomic mass is 16.9. The molecule has 5 heteroatoms. The van der Waals surface area contributed by atoms with Crippen LogP contribution in [0, 0.1) is 0 Å². The second-order valence-corrected chi connectivity index (χ2v) is 6.39. The van der Waals surface area contributed by atoms with Gasteiger partial charge in [0.1, 0.15) is 5.60 Å².